The van der Waals surface area contributed by atoms with Crippen molar-refractivity contribution in [1.82, 2.24) is 10.3 Å². The van der Waals surface area contributed by atoms with Crippen molar-refractivity contribution in [3.8, 4) is 17.6 Å². The summed E-state index contributed by atoms with van der Waals surface area (Å²) in [5.74, 6) is 2.08. The van der Waals surface area contributed by atoms with E-state index in [9.17, 15) is 0 Å². The number of aromatic nitrogens is 1. The van der Waals surface area contributed by atoms with E-state index in [2.05, 4.69) is 22.4 Å². The van der Waals surface area contributed by atoms with Crippen LogP contribution in [0, 0.1) is 11.3 Å². The van der Waals surface area contributed by atoms with Gasteiger partial charge in [-0.25, -0.2) is 4.98 Å². The topological polar surface area (TPSA) is 57.9 Å². The number of rotatable bonds is 3. The van der Waals surface area contributed by atoms with Crippen LogP contribution in [-0.4, -0.2) is 18.1 Å². The Labute approximate surface area is 136 Å². The largest absolute Gasteiger partial charge is 0.456 e. The van der Waals surface area contributed by atoms with Crippen molar-refractivity contribution in [2.45, 2.75) is 18.8 Å². The summed E-state index contributed by atoms with van der Waals surface area (Å²) in [4.78, 5) is 3.99. The molecule has 2 heterocycles. The number of hydrogen-bond acceptors (Lipinski definition) is 4. The molecule has 114 valence electrons. The van der Waals surface area contributed by atoms with Gasteiger partial charge in [0.25, 0.3) is 0 Å². The molecule has 0 aliphatic carbocycles. The molecule has 3 rings (SSSR count). The van der Waals surface area contributed by atoms with Crippen molar-refractivity contribution in [2.24, 2.45) is 0 Å². The molecule has 22 heavy (non-hydrogen) atoms. The Morgan fingerprint density at radius 2 is 1.73 bits per heavy atom. The lowest BCUT2D eigenvalue weighted by Gasteiger charge is -2.23. The van der Waals surface area contributed by atoms with E-state index in [0.29, 0.717) is 17.4 Å². The summed E-state index contributed by atoms with van der Waals surface area (Å²) >= 11 is 0. The number of pyridine rings is 1. The van der Waals surface area contributed by atoms with Gasteiger partial charge in [0.2, 0.25) is 0 Å². The molecule has 1 N–H and O–H groups in total. The minimum absolute atomic E-state index is 0. The second-order valence-corrected chi connectivity index (χ2v) is 5.19. The summed E-state index contributed by atoms with van der Waals surface area (Å²) in [5.41, 5.74) is 1.77. The third-order valence-corrected chi connectivity index (χ3v) is 3.78. The van der Waals surface area contributed by atoms with E-state index in [-0.39, 0.29) is 12.4 Å². The number of ether oxygens (including phenoxy) is 1. The number of piperidine rings is 1. The fraction of sp³-hybridized carbons (Fsp3) is 0.294. The minimum Gasteiger partial charge on any atom is -0.456 e. The van der Waals surface area contributed by atoms with Crippen molar-refractivity contribution in [2.75, 3.05) is 13.1 Å². The maximum absolute atomic E-state index is 8.71. The Kier molecular flexibility index (Phi) is 5.76. The van der Waals surface area contributed by atoms with Crippen LogP contribution in [0.15, 0.2) is 42.6 Å². The molecule has 1 aliphatic heterocycles. The highest BCUT2D eigenvalue weighted by Crippen LogP contribution is 2.28. The van der Waals surface area contributed by atoms with Crippen LogP contribution in [0.25, 0.3) is 0 Å². The molecule has 4 nitrogen and oxygen atoms in total. The third-order valence-electron chi connectivity index (χ3n) is 3.78. The molecule has 0 spiro atoms. The first-order valence-corrected chi connectivity index (χ1v) is 7.20. The molecule has 0 unspecified atom stereocenters. The average Bonchev–Trinajstić information content (AvgIpc) is 2.57. The predicted molar refractivity (Wildman–Crippen MR) is 87.6 cm³/mol. The van der Waals surface area contributed by atoms with Crippen molar-refractivity contribution in [1.29, 1.82) is 5.26 Å². The Hall–Kier alpha value is -2.09. The molecule has 0 atom stereocenters. The molecular formula is C17H18ClN3O. The first-order valence-electron chi connectivity index (χ1n) is 7.20. The highest BCUT2D eigenvalue weighted by molar-refractivity contribution is 5.85. The lowest BCUT2D eigenvalue weighted by Crippen LogP contribution is -2.26. The Balaban J connectivity index is 0.00000176. The van der Waals surface area contributed by atoms with Gasteiger partial charge in [0.1, 0.15) is 23.3 Å². The number of hydrogen-bond donors (Lipinski definition) is 1. The molecule has 5 heteroatoms. The van der Waals surface area contributed by atoms with Crippen molar-refractivity contribution < 1.29 is 4.74 Å². The molecule has 1 aromatic heterocycles. The monoisotopic (exact) mass is 315 g/mol. The molecule has 1 aliphatic rings. The van der Waals surface area contributed by atoms with Crippen LogP contribution in [0.2, 0.25) is 0 Å². The molecule has 0 radical (unpaired) electrons. The number of nitrogens with zero attached hydrogens (tertiary/aromatic N) is 2. The maximum Gasteiger partial charge on any atom is 0.145 e. The normalized spacial score (nSPS) is 14.7. The van der Waals surface area contributed by atoms with Gasteiger partial charge >= 0.3 is 0 Å². The SMILES string of the molecule is Cl.N#Cc1ccc(Oc2ccc(C3CCNCC3)cc2)cn1. The summed E-state index contributed by atoms with van der Waals surface area (Å²) in [6.07, 6.45) is 3.96. The molecule has 0 saturated carbocycles. The molecular weight excluding hydrogens is 298 g/mol. The smallest absolute Gasteiger partial charge is 0.145 e. The fourth-order valence-electron chi connectivity index (χ4n) is 2.61. The number of nitriles is 1. The summed E-state index contributed by atoms with van der Waals surface area (Å²) in [5, 5.41) is 12.1. The van der Waals surface area contributed by atoms with E-state index in [0.717, 1.165) is 18.8 Å². The van der Waals surface area contributed by atoms with E-state index < -0.39 is 0 Å². The lowest BCUT2D eigenvalue weighted by atomic mass is 9.90. The molecule has 2 aromatic rings. The zero-order valence-electron chi connectivity index (χ0n) is 12.2. The van der Waals surface area contributed by atoms with E-state index in [1.807, 2.05) is 18.2 Å². The summed E-state index contributed by atoms with van der Waals surface area (Å²) in [6.45, 7) is 2.19. The quantitative estimate of drug-likeness (QED) is 0.939. The van der Waals surface area contributed by atoms with E-state index >= 15 is 0 Å². The maximum atomic E-state index is 8.71. The molecule has 1 aromatic carbocycles. The minimum atomic E-state index is 0. The first kappa shape index (κ1) is 16.3. The predicted octanol–water partition coefficient (Wildman–Crippen LogP) is 3.63. The molecule has 1 fully saturated rings. The number of halogens is 1. The second kappa shape index (κ2) is 7.79. The van der Waals surface area contributed by atoms with Crippen LogP contribution in [0.4, 0.5) is 0 Å². The van der Waals surface area contributed by atoms with Crippen LogP contribution in [0.3, 0.4) is 0 Å². The van der Waals surface area contributed by atoms with Crippen molar-refractivity contribution in [3.63, 3.8) is 0 Å². The summed E-state index contributed by atoms with van der Waals surface area (Å²) in [7, 11) is 0. The van der Waals surface area contributed by atoms with E-state index in [1.54, 1.807) is 18.3 Å². The third kappa shape index (κ3) is 3.97. The van der Waals surface area contributed by atoms with Crippen molar-refractivity contribution in [3.05, 3.63) is 53.9 Å². The molecule has 0 bridgehead atoms. The van der Waals surface area contributed by atoms with Gasteiger partial charge in [0, 0.05) is 0 Å². The number of nitrogens with one attached hydrogen (secondary N) is 1. The Morgan fingerprint density at radius 1 is 1.05 bits per heavy atom. The Morgan fingerprint density at radius 3 is 2.32 bits per heavy atom. The lowest BCUT2D eigenvalue weighted by molar-refractivity contribution is 0.458. The van der Waals surface area contributed by atoms with E-state index in [1.165, 1.54) is 18.4 Å². The molecule has 1 saturated heterocycles. The van der Waals surface area contributed by atoms with Crippen LogP contribution in [0.5, 0.6) is 11.5 Å². The van der Waals surface area contributed by atoms with Gasteiger partial charge in [-0.15, -0.1) is 12.4 Å². The van der Waals surface area contributed by atoms with Gasteiger partial charge < -0.3 is 10.1 Å². The molecule has 0 amide bonds. The van der Waals surface area contributed by atoms with E-state index in [4.69, 9.17) is 10.00 Å². The zero-order chi connectivity index (χ0) is 14.5. The van der Waals surface area contributed by atoms with Gasteiger partial charge in [-0.05, 0) is 61.7 Å². The van der Waals surface area contributed by atoms with Crippen LogP contribution < -0.4 is 10.1 Å². The summed E-state index contributed by atoms with van der Waals surface area (Å²) in [6, 6.07) is 13.7. The van der Waals surface area contributed by atoms with Gasteiger partial charge in [0.05, 0.1) is 6.20 Å². The van der Waals surface area contributed by atoms with Crippen molar-refractivity contribution >= 4 is 12.4 Å². The van der Waals surface area contributed by atoms with Crippen LogP contribution in [-0.2, 0) is 0 Å². The highest BCUT2D eigenvalue weighted by Gasteiger charge is 2.14. The first-order chi connectivity index (χ1) is 10.3. The van der Waals surface area contributed by atoms with Crippen LogP contribution >= 0.6 is 12.4 Å². The standard InChI is InChI=1S/C17H17N3O.ClH/c18-11-15-3-6-17(12-20-15)21-16-4-1-13(2-5-16)14-7-9-19-10-8-14;/h1-6,12,14,19H,7-10H2;1H. The fourth-order valence-corrected chi connectivity index (χ4v) is 2.61. The van der Waals surface area contributed by atoms with Crippen LogP contribution in [0.1, 0.15) is 30.0 Å². The zero-order valence-corrected chi connectivity index (χ0v) is 13.0. The Bertz CT molecular complexity index is 628. The summed E-state index contributed by atoms with van der Waals surface area (Å²) < 4.78 is 5.74. The second-order valence-electron chi connectivity index (χ2n) is 5.19. The highest BCUT2D eigenvalue weighted by atomic mass is 35.5. The van der Waals surface area contributed by atoms with Gasteiger partial charge in [-0.1, -0.05) is 12.1 Å². The average molecular weight is 316 g/mol. The van der Waals surface area contributed by atoms with Gasteiger partial charge in [-0.2, -0.15) is 5.26 Å². The van der Waals surface area contributed by atoms with Gasteiger partial charge in [-0.3, -0.25) is 0 Å². The number of benzene rings is 1. The van der Waals surface area contributed by atoms with Gasteiger partial charge in [0.15, 0.2) is 0 Å².